The molecule has 0 amide bonds. The van der Waals surface area contributed by atoms with Gasteiger partial charge in [0, 0.05) is 19.0 Å². The number of aliphatic hydroxyl groups is 1. The van der Waals surface area contributed by atoms with E-state index in [0.29, 0.717) is 38.9 Å². The van der Waals surface area contributed by atoms with Gasteiger partial charge in [0.05, 0.1) is 33.5 Å². The number of ether oxygens (including phenoxy) is 1. The summed E-state index contributed by atoms with van der Waals surface area (Å²) in [6.45, 7) is 9.33. The predicted octanol–water partition coefficient (Wildman–Crippen LogP) is 3.77. The molecule has 0 spiro atoms. The Balaban J connectivity index is 2.25. The van der Waals surface area contributed by atoms with Crippen LogP contribution in [0.25, 0.3) is 27.9 Å². The van der Waals surface area contributed by atoms with Crippen molar-refractivity contribution in [2.45, 2.75) is 38.9 Å². The topological polar surface area (TPSA) is 91.9 Å². The van der Waals surface area contributed by atoms with Crippen LogP contribution in [0.4, 0.5) is 0 Å². The zero-order valence-corrected chi connectivity index (χ0v) is 17.5. The van der Waals surface area contributed by atoms with Crippen LogP contribution in [0, 0.1) is 0 Å². The van der Waals surface area contributed by atoms with Crippen LogP contribution in [0.5, 0.6) is 17.2 Å². The summed E-state index contributed by atoms with van der Waals surface area (Å²) in [6, 6.07) is 4.72. The molecule has 0 saturated carbocycles. The van der Waals surface area contributed by atoms with E-state index in [1.807, 2.05) is 19.9 Å². The number of nitrogens with zero attached hydrogens (tertiary/aromatic N) is 1. The first kappa shape index (κ1) is 20.0. The lowest BCUT2D eigenvalue weighted by Crippen LogP contribution is -2.29. The molecule has 0 fully saturated rings. The fourth-order valence-electron chi connectivity index (χ4n) is 4.08. The monoisotopic (exact) mass is 407 g/mol. The summed E-state index contributed by atoms with van der Waals surface area (Å²) in [5, 5.41) is 32.6. The van der Waals surface area contributed by atoms with Gasteiger partial charge in [0.2, 0.25) is 5.43 Å². The number of fused-ring (bicyclic) bond motifs is 3. The second kappa shape index (κ2) is 6.64. The molecule has 1 aliphatic heterocycles. The Bertz CT molecular complexity index is 1310. The van der Waals surface area contributed by atoms with Gasteiger partial charge in [-0.2, -0.15) is 0 Å². The van der Waals surface area contributed by atoms with E-state index >= 15 is 0 Å². The van der Waals surface area contributed by atoms with E-state index in [0.717, 1.165) is 0 Å². The molecule has 3 N–H and O–H groups in total. The number of aromatic nitrogens is 1. The number of para-hydroxylation sites is 1. The molecule has 1 aromatic heterocycles. The van der Waals surface area contributed by atoms with Crippen LogP contribution in [0.3, 0.4) is 0 Å². The quantitative estimate of drug-likeness (QED) is 0.454. The van der Waals surface area contributed by atoms with E-state index in [1.165, 1.54) is 6.07 Å². The van der Waals surface area contributed by atoms with Crippen LogP contribution in [0.1, 0.15) is 31.9 Å². The van der Waals surface area contributed by atoms with E-state index in [2.05, 4.69) is 6.58 Å². The summed E-state index contributed by atoms with van der Waals surface area (Å²) in [7, 11) is 1.72. The van der Waals surface area contributed by atoms with E-state index < -0.39 is 17.1 Å². The summed E-state index contributed by atoms with van der Waals surface area (Å²) in [6.07, 6.45) is 2.84. The van der Waals surface area contributed by atoms with E-state index in [-0.39, 0.29) is 23.3 Å². The summed E-state index contributed by atoms with van der Waals surface area (Å²) in [5.74, 6) is 0.197. The van der Waals surface area contributed by atoms with Crippen LogP contribution in [-0.4, -0.2) is 31.6 Å². The highest BCUT2D eigenvalue weighted by Gasteiger charge is 2.31. The average molecular weight is 407 g/mol. The maximum Gasteiger partial charge on any atom is 0.201 e. The van der Waals surface area contributed by atoms with Crippen molar-refractivity contribution in [3.8, 4) is 17.2 Å². The van der Waals surface area contributed by atoms with Crippen molar-refractivity contribution >= 4 is 27.9 Å². The van der Waals surface area contributed by atoms with Crippen LogP contribution in [0.2, 0.25) is 0 Å². The van der Waals surface area contributed by atoms with Gasteiger partial charge in [-0.1, -0.05) is 18.2 Å². The maximum atomic E-state index is 13.4. The number of pyridine rings is 1. The number of hydrogen-bond donors (Lipinski definition) is 3. The average Bonchev–Trinajstić information content (AvgIpc) is 2.66. The molecule has 30 heavy (non-hydrogen) atoms. The molecule has 4 rings (SSSR count). The van der Waals surface area contributed by atoms with Crippen molar-refractivity contribution in [2.24, 2.45) is 7.05 Å². The molecule has 0 radical (unpaired) electrons. The molecule has 0 saturated heterocycles. The molecule has 0 unspecified atom stereocenters. The zero-order valence-electron chi connectivity index (χ0n) is 17.5. The first-order chi connectivity index (χ1) is 14.0. The van der Waals surface area contributed by atoms with Crippen molar-refractivity contribution in [3.63, 3.8) is 0 Å². The lowest BCUT2D eigenvalue weighted by atomic mass is 9.91. The SMILES string of the molecule is C=C(C)[C@H](O)Cc1c2c(c(O)c3c(=O)c4cccc(O)c4n(C)c13)C=CC(C)(C)O2. The minimum Gasteiger partial charge on any atom is -0.506 e. The summed E-state index contributed by atoms with van der Waals surface area (Å²) >= 11 is 0. The van der Waals surface area contributed by atoms with Gasteiger partial charge >= 0.3 is 0 Å². The third kappa shape index (κ3) is 2.87. The third-order valence-electron chi connectivity index (χ3n) is 5.67. The number of aryl methyl sites for hydroxylation is 1. The van der Waals surface area contributed by atoms with Crippen LogP contribution in [0.15, 0.2) is 41.2 Å². The van der Waals surface area contributed by atoms with Crippen LogP contribution >= 0.6 is 0 Å². The number of rotatable bonds is 3. The lowest BCUT2D eigenvalue weighted by Gasteiger charge is -2.31. The molecule has 156 valence electrons. The molecular weight excluding hydrogens is 382 g/mol. The molecule has 6 heteroatoms. The second-order valence-corrected chi connectivity index (χ2v) is 8.46. The lowest BCUT2D eigenvalue weighted by molar-refractivity contribution is 0.153. The van der Waals surface area contributed by atoms with Crippen molar-refractivity contribution < 1.29 is 20.1 Å². The molecule has 1 atom stereocenters. The Morgan fingerprint density at radius 3 is 2.63 bits per heavy atom. The molecule has 6 nitrogen and oxygen atoms in total. The maximum absolute atomic E-state index is 13.4. The Morgan fingerprint density at radius 1 is 1.27 bits per heavy atom. The van der Waals surface area contributed by atoms with Gasteiger partial charge in [-0.3, -0.25) is 4.79 Å². The summed E-state index contributed by atoms with van der Waals surface area (Å²) < 4.78 is 7.87. The largest absolute Gasteiger partial charge is 0.506 e. The van der Waals surface area contributed by atoms with Crippen molar-refractivity contribution in [1.82, 2.24) is 4.57 Å². The number of phenolic OH excluding ortho intramolecular Hbond substituents is 2. The van der Waals surface area contributed by atoms with Gasteiger partial charge in [-0.25, -0.2) is 0 Å². The highest BCUT2D eigenvalue weighted by Crippen LogP contribution is 2.45. The van der Waals surface area contributed by atoms with Gasteiger partial charge in [-0.05, 0) is 45.1 Å². The summed E-state index contributed by atoms with van der Waals surface area (Å²) in [4.78, 5) is 13.4. The van der Waals surface area contributed by atoms with Gasteiger partial charge in [0.1, 0.15) is 22.8 Å². The Kier molecular flexibility index (Phi) is 4.43. The highest BCUT2D eigenvalue weighted by molar-refractivity contribution is 6.03. The standard InChI is InChI=1S/C24H25NO5/c1-12(2)17(27)11-15-20-18(22(29)14-9-10-24(3,4)30-23(14)15)21(28)13-7-6-8-16(26)19(13)25(20)5/h6-10,17,26-27,29H,1,11H2,2-5H3/t17-/m1/s1. The minimum atomic E-state index is -0.866. The van der Waals surface area contributed by atoms with Crippen molar-refractivity contribution in [3.05, 3.63) is 57.8 Å². The zero-order chi connectivity index (χ0) is 22.0. The van der Waals surface area contributed by atoms with Crippen molar-refractivity contribution in [1.29, 1.82) is 0 Å². The fraction of sp³-hybridized carbons (Fsp3) is 0.292. The van der Waals surface area contributed by atoms with E-state index in [1.54, 1.807) is 36.7 Å². The Hall–Kier alpha value is -3.25. The smallest absolute Gasteiger partial charge is 0.201 e. The third-order valence-corrected chi connectivity index (χ3v) is 5.67. The normalized spacial score (nSPS) is 15.8. The number of aromatic hydroxyl groups is 2. The molecule has 2 heterocycles. The van der Waals surface area contributed by atoms with Crippen molar-refractivity contribution in [2.75, 3.05) is 0 Å². The molecule has 0 bridgehead atoms. The number of hydrogen-bond acceptors (Lipinski definition) is 5. The first-order valence-electron chi connectivity index (χ1n) is 9.77. The molecule has 1 aliphatic rings. The van der Waals surface area contributed by atoms with Gasteiger partial charge in [0.15, 0.2) is 0 Å². The number of aliphatic hydroxyl groups excluding tert-OH is 1. The number of phenols is 2. The van der Waals surface area contributed by atoms with Crippen LogP contribution in [-0.2, 0) is 13.5 Å². The molecule has 3 aromatic rings. The van der Waals surface area contributed by atoms with E-state index in [9.17, 15) is 20.1 Å². The van der Waals surface area contributed by atoms with Crippen LogP contribution < -0.4 is 10.2 Å². The first-order valence-corrected chi connectivity index (χ1v) is 9.77. The number of benzene rings is 2. The second-order valence-electron chi connectivity index (χ2n) is 8.46. The Labute approximate surface area is 174 Å². The van der Waals surface area contributed by atoms with Gasteiger partial charge < -0.3 is 24.6 Å². The molecule has 0 aliphatic carbocycles. The van der Waals surface area contributed by atoms with Gasteiger partial charge in [-0.15, -0.1) is 0 Å². The predicted molar refractivity (Wildman–Crippen MR) is 118 cm³/mol. The van der Waals surface area contributed by atoms with Gasteiger partial charge in [0.25, 0.3) is 0 Å². The molecule has 2 aromatic carbocycles. The molecular formula is C24H25NO5. The van der Waals surface area contributed by atoms with E-state index in [4.69, 9.17) is 4.74 Å². The Morgan fingerprint density at radius 2 is 1.97 bits per heavy atom. The minimum absolute atomic E-state index is 0.0428. The summed E-state index contributed by atoms with van der Waals surface area (Å²) in [5.41, 5.74) is 1.30. The fourth-order valence-corrected chi connectivity index (χ4v) is 4.08. The highest BCUT2D eigenvalue weighted by atomic mass is 16.5.